The van der Waals surface area contributed by atoms with Gasteiger partial charge in [0, 0.05) is 11.8 Å². The van der Waals surface area contributed by atoms with Crippen molar-refractivity contribution in [3.8, 4) is 0 Å². The smallest absolute Gasteiger partial charge is 0.335 e. The lowest BCUT2D eigenvalue weighted by molar-refractivity contribution is -0.153. The van der Waals surface area contributed by atoms with Crippen LogP contribution in [0.25, 0.3) is 0 Å². The van der Waals surface area contributed by atoms with E-state index < -0.39 is 18.2 Å². The van der Waals surface area contributed by atoms with Crippen LogP contribution in [0.5, 0.6) is 0 Å². The highest BCUT2D eigenvalue weighted by atomic mass is 35.5. The number of aliphatic carboxylic acids is 1. The van der Waals surface area contributed by atoms with E-state index in [-0.39, 0.29) is 16.4 Å². The molecular formula is C8H9ClN2O4. The summed E-state index contributed by atoms with van der Waals surface area (Å²) in [4.78, 5) is 14.0. The van der Waals surface area contributed by atoms with Crippen LogP contribution < -0.4 is 5.73 Å². The second kappa shape index (κ2) is 4.43. The Kier molecular flexibility index (Phi) is 3.46. The number of pyridine rings is 1. The van der Waals surface area contributed by atoms with E-state index in [1.807, 2.05) is 0 Å². The van der Waals surface area contributed by atoms with Gasteiger partial charge in [-0.2, -0.15) is 0 Å². The molecule has 1 aromatic heterocycles. The number of hydrogen-bond acceptors (Lipinski definition) is 5. The van der Waals surface area contributed by atoms with Crippen molar-refractivity contribution < 1.29 is 20.1 Å². The van der Waals surface area contributed by atoms with Crippen LogP contribution in [0.3, 0.4) is 0 Å². The molecule has 0 saturated carbocycles. The fourth-order valence-electron chi connectivity index (χ4n) is 0.961. The monoisotopic (exact) mass is 232 g/mol. The quantitative estimate of drug-likeness (QED) is 0.536. The number of aromatic nitrogens is 1. The number of nitrogen functional groups attached to an aromatic ring is 1. The zero-order chi connectivity index (χ0) is 11.6. The lowest BCUT2D eigenvalue weighted by Crippen LogP contribution is -2.27. The molecule has 15 heavy (non-hydrogen) atoms. The summed E-state index contributed by atoms with van der Waals surface area (Å²) in [6, 6.07) is 1.26. The van der Waals surface area contributed by atoms with Crippen LogP contribution in [0.4, 0.5) is 5.69 Å². The summed E-state index contributed by atoms with van der Waals surface area (Å²) >= 11 is 5.53. The van der Waals surface area contributed by atoms with Crippen LogP contribution in [0.1, 0.15) is 11.7 Å². The Bertz CT molecular complexity index is 385. The summed E-state index contributed by atoms with van der Waals surface area (Å²) < 4.78 is 0. The van der Waals surface area contributed by atoms with E-state index in [4.69, 9.17) is 27.5 Å². The van der Waals surface area contributed by atoms with Gasteiger partial charge in [0.05, 0.1) is 5.69 Å². The normalized spacial score (nSPS) is 14.6. The fourth-order valence-corrected chi connectivity index (χ4v) is 1.06. The predicted molar refractivity (Wildman–Crippen MR) is 52.3 cm³/mol. The molecular weight excluding hydrogens is 224 g/mol. The van der Waals surface area contributed by atoms with Gasteiger partial charge in [-0.3, -0.25) is 0 Å². The summed E-state index contributed by atoms with van der Waals surface area (Å²) in [6.45, 7) is 0. The zero-order valence-corrected chi connectivity index (χ0v) is 8.22. The molecule has 0 aliphatic carbocycles. The zero-order valence-electron chi connectivity index (χ0n) is 7.46. The van der Waals surface area contributed by atoms with Crippen molar-refractivity contribution in [1.82, 2.24) is 4.98 Å². The number of carbonyl (C=O) groups is 1. The van der Waals surface area contributed by atoms with E-state index in [1.54, 1.807) is 0 Å². The Morgan fingerprint density at radius 3 is 2.60 bits per heavy atom. The molecule has 0 radical (unpaired) electrons. The van der Waals surface area contributed by atoms with Crippen molar-refractivity contribution >= 4 is 23.3 Å². The van der Waals surface area contributed by atoms with Gasteiger partial charge in [0.1, 0.15) is 6.10 Å². The standard InChI is InChI=1S/C8H9ClN2O4/c9-7-4(10)1-3(2-11-7)5(12)6(13)8(14)15/h1-2,5-6,12-13H,10H2,(H,14,15). The Balaban J connectivity index is 2.96. The van der Waals surface area contributed by atoms with Crippen LogP contribution >= 0.6 is 11.6 Å². The molecule has 2 atom stereocenters. The van der Waals surface area contributed by atoms with Gasteiger partial charge >= 0.3 is 5.97 Å². The van der Waals surface area contributed by atoms with E-state index in [0.717, 1.165) is 6.20 Å². The third-order valence-corrected chi connectivity index (χ3v) is 2.10. The molecule has 5 N–H and O–H groups in total. The first-order valence-corrected chi connectivity index (χ1v) is 4.31. The maximum atomic E-state index is 10.4. The van der Waals surface area contributed by atoms with Gasteiger partial charge in [0.15, 0.2) is 11.3 Å². The minimum absolute atomic E-state index is 0.0516. The maximum absolute atomic E-state index is 10.4. The fraction of sp³-hybridized carbons (Fsp3) is 0.250. The molecule has 0 saturated heterocycles. The van der Waals surface area contributed by atoms with Crippen LogP contribution in [0, 0.1) is 0 Å². The minimum atomic E-state index is -1.92. The Labute approximate surface area is 89.9 Å². The first kappa shape index (κ1) is 11.7. The first-order valence-electron chi connectivity index (χ1n) is 3.93. The molecule has 1 rings (SSSR count). The Morgan fingerprint density at radius 2 is 2.13 bits per heavy atom. The highest BCUT2D eigenvalue weighted by Crippen LogP contribution is 2.22. The van der Waals surface area contributed by atoms with Crippen molar-refractivity contribution in [2.75, 3.05) is 5.73 Å². The van der Waals surface area contributed by atoms with E-state index in [9.17, 15) is 9.90 Å². The van der Waals surface area contributed by atoms with E-state index >= 15 is 0 Å². The molecule has 0 spiro atoms. The molecule has 0 aliphatic heterocycles. The molecule has 0 fully saturated rings. The van der Waals surface area contributed by atoms with E-state index in [1.165, 1.54) is 6.07 Å². The van der Waals surface area contributed by atoms with E-state index in [0.29, 0.717) is 0 Å². The number of aliphatic hydroxyl groups is 2. The van der Waals surface area contributed by atoms with Gasteiger partial charge < -0.3 is 21.1 Å². The Morgan fingerprint density at radius 1 is 1.53 bits per heavy atom. The van der Waals surface area contributed by atoms with Gasteiger partial charge in [-0.15, -0.1) is 0 Å². The molecule has 6 nitrogen and oxygen atoms in total. The number of halogens is 1. The second-order valence-electron chi connectivity index (χ2n) is 2.88. The number of nitrogens with zero attached hydrogens (tertiary/aromatic N) is 1. The maximum Gasteiger partial charge on any atom is 0.335 e. The SMILES string of the molecule is Nc1cc(C(O)C(O)C(=O)O)cnc1Cl. The molecule has 0 bridgehead atoms. The molecule has 1 aromatic rings. The summed E-state index contributed by atoms with van der Waals surface area (Å²) in [5.74, 6) is -1.53. The van der Waals surface area contributed by atoms with Gasteiger partial charge in [-0.25, -0.2) is 9.78 Å². The number of rotatable bonds is 3. The molecule has 0 amide bonds. The molecule has 1 heterocycles. The summed E-state index contributed by atoms with van der Waals surface area (Å²) in [6.07, 6.45) is -2.36. The molecule has 82 valence electrons. The molecule has 0 aliphatic rings. The molecule has 0 aromatic carbocycles. The largest absolute Gasteiger partial charge is 0.479 e. The summed E-state index contributed by atoms with van der Waals surface area (Å²) in [5.41, 5.74) is 5.59. The third kappa shape index (κ3) is 2.56. The van der Waals surface area contributed by atoms with Gasteiger partial charge in [0.2, 0.25) is 0 Å². The van der Waals surface area contributed by atoms with Gasteiger partial charge in [-0.05, 0) is 6.07 Å². The van der Waals surface area contributed by atoms with Crippen molar-refractivity contribution in [1.29, 1.82) is 0 Å². The highest BCUT2D eigenvalue weighted by Gasteiger charge is 2.25. The number of nitrogens with two attached hydrogens (primary N) is 1. The van der Waals surface area contributed by atoms with Gasteiger partial charge in [-0.1, -0.05) is 11.6 Å². The topological polar surface area (TPSA) is 117 Å². The first-order chi connectivity index (χ1) is 6.93. The third-order valence-electron chi connectivity index (χ3n) is 1.78. The number of carboxylic acids is 1. The van der Waals surface area contributed by atoms with Crippen molar-refractivity contribution in [2.45, 2.75) is 12.2 Å². The summed E-state index contributed by atoms with van der Waals surface area (Å²) in [5, 5.41) is 27.0. The average Bonchev–Trinajstić information content (AvgIpc) is 2.19. The minimum Gasteiger partial charge on any atom is -0.479 e. The van der Waals surface area contributed by atoms with Crippen LogP contribution in [0.15, 0.2) is 12.3 Å². The molecule has 7 heteroatoms. The highest BCUT2D eigenvalue weighted by molar-refractivity contribution is 6.31. The predicted octanol–water partition coefficient (Wildman–Crippen LogP) is -0.204. The van der Waals surface area contributed by atoms with Crippen LogP contribution in [0.2, 0.25) is 5.15 Å². The van der Waals surface area contributed by atoms with Crippen LogP contribution in [-0.4, -0.2) is 32.4 Å². The van der Waals surface area contributed by atoms with Crippen molar-refractivity contribution in [3.05, 3.63) is 23.0 Å². The van der Waals surface area contributed by atoms with Crippen LogP contribution in [-0.2, 0) is 4.79 Å². The van der Waals surface area contributed by atoms with Crippen molar-refractivity contribution in [3.63, 3.8) is 0 Å². The lowest BCUT2D eigenvalue weighted by Gasteiger charge is -2.14. The lowest BCUT2D eigenvalue weighted by atomic mass is 10.1. The van der Waals surface area contributed by atoms with E-state index in [2.05, 4.69) is 4.98 Å². The van der Waals surface area contributed by atoms with Crippen molar-refractivity contribution in [2.24, 2.45) is 0 Å². The number of carboxylic acid groups (broad SMARTS) is 1. The van der Waals surface area contributed by atoms with Gasteiger partial charge in [0.25, 0.3) is 0 Å². The second-order valence-corrected chi connectivity index (χ2v) is 3.23. The number of anilines is 1. The summed E-state index contributed by atoms with van der Waals surface area (Å²) in [7, 11) is 0. The average molecular weight is 233 g/mol. The number of aliphatic hydroxyl groups excluding tert-OH is 2. The Hall–Kier alpha value is -1.37. The molecule has 2 unspecified atom stereocenters. The number of hydrogen-bond donors (Lipinski definition) is 4.